The SMILES string of the molecule is C[C@H](c1nc2ccccc2s1)N(C)C(=O)CCNC(=O)c1ccccc1. The van der Waals surface area contributed by atoms with Gasteiger partial charge in [-0.05, 0) is 31.2 Å². The highest BCUT2D eigenvalue weighted by Gasteiger charge is 2.20. The molecule has 0 aliphatic rings. The third kappa shape index (κ3) is 4.08. The first-order valence-corrected chi connectivity index (χ1v) is 9.32. The number of benzene rings is 2. The van der Waals surface area contributed by atoms with Gasteiger partial charge < -0.3 is 10.2 Å². The highest BCUT2D eigenvalue weighted by Crippen LogP contribution is 2.28. The molecule has 1 N–H and O–H groups in total. The van der Waals surface area contributed by atoms with Crippen LogP contribution in [0.25, 0.3) is 10.2 Å². The van der Waals surface area contributed by atoms with Crippen molar-refractivity contribution in [3.05, 3.63) is 65.2 Å². The van der Waals surface area contributed by atoms with Crippen molar-refractivity contribution in [3.8, 4) is 0 Å². The lowest BCUT2D eigenvalue weighted by Crippen LogP contribution is -2.33. The third-order valence-corrected chi connectivity index (χ3v) is 5.51. The average Bonchev–Trinajstić information content (AvgIpc) is 3.11. The van der Waals surface area contributed by atoms with E-state index in [0.29, 0.717) is 12.1 Å². The maximum atomic E-state index is 12.4. The predicted molar refractivity (Wildman–Crippen MR) is 104 cm³/mol. The summed E-state index contributed by atoms with van der Waals surface area (Å²) >= 11 is 1.60. The summed E-state index contributed by atoms with van der Waals surface area (Å²) in [6, 6.07) is 16.8. The lowest BCUT2D eigenvalue weighted by atomic mass is 10.2. The highest BCUT2D eigenvalue weighted by atomic mass is 32.1. The van der Waals surface area contributed by atoms with Crippen molar-refractivity contribution in [2.75, 3.05) is 13.6 Å². The molecule has 2 aromatic carbocycles. The van der Waals surface area contributed by atoms with Gasteiger partial charge >= 0.3 is 0 Å². The van der Waals surface area contributed by atoms with Gasteiger partial charge in [-0.3, -0.25) is 9.59 Å². The normalized spacial score (nSPS) is 11.9. The van der Waals surface area contributed by atoms with Crippen LogP contribution in [0.15, 0.2) is 54.6 Å². The number of hydrogen-bond donors (Lipinski definition) is 1. The van der Waals surface area contributed by atoms with Gasteiger partial charge in [0.05, 0.1) is 16.3 Å². The number of thiazole rings is 1. The molecule has 0 aliphatic carbocycles. The molecule has 5 nitrogen and oxygen atoms in total. The maximum Gasteiger partial charge on any atom is 0.251 e. The van der Waals surface area contributed by atoms with Crippen molar-refractivity contribution in [2.45, 2.75) is 19.4 Å². The van der Waals surface area contributed by atoms with Crippen molar-refractivity contribution in [2.24, 2.45) is 0 Å². The van der Waals surface area contributed by atoms with Gasteiger partial charge in [-0.15, -0.1) is 11.3 Å². The fourth-order valence-corrected chi connectivity index (χ4v) is 3.66. The van der Waals surface area contributed by atoms with Gasteiger partial charge in [0.1, 0.15) is 5.01 Å². The molecule has 0 saturated heterocycles. The molecule has 0 radical (unpaired) electrons. The van der Waals surface area contributed by atoms with E-state index in [1.807, 2.05) is 49.4 Å². The number of nitrogens with zero attached hydrogens (tertiary/aromatic N) is 2. The summed E-state index contributed by atoms with van der Waals surface area (Å²) < 4.78 is 1.12. The summed E-state index contributed by atoms with van der Waals surface area (Å²) in [5.74, 6) is -0.189. The molecule has 1 atom stereocenters. The minimum atomic E-state index is -0.166. The van der Waals surface area contributed by atoms with Gasteiger partial charge in [0, 0.05) is 25.6 Å². The van der Waals surface area contributed by atoms with E-state index in [0.717, 1.165) is 15.2 Å². The van der Waals surface area contributed by atoms with E-state index in [4.69, 9.17) is 0 Å². The molecular formula is C20H21N3O2S. The fraction of sp³-hybridized carbons (Fsp3) is 0.250. The van der Waals surface area contributed by atoms with Crippen LogP contribution in [0, 0.1) is 0 Å². The van der Waals surface area contributed by atoms with Crippen molar-refractivity contribution in [1.29, 1.82) is 0 Å². The quantitative estimate of drug-likeness (QED) is 0.724. The molecule has 2 amide bonds. The number of carbonyl (C=O) groups excluding carboxylic acids is 2. The van der Waals surface area contributed by atoms with Crippen LogP contribution in [0.3, 0.4) is 0 Å². The number of nitrogens with one attached hydrogen (secondary N) is 1. The van der Waals surface area contributed by atoms with Crippen molar-refractivity contribution < 1.29 is 9.59 Å². The Hall–Kier alpha value is -2.73. The Bertz CT molecular complexity index is 875. The molecule has 0 bridgehead atoms. The third-order valence-electron chi connectivity index (χ3n) is 4.30. The Labute approximate surface area is 156 Å². The molecule has 0 saturated carbocycles. The second-order valence-corrected chi connectivity index (χ2v) is 7.13. The first-order valence-electron chi connectivity index (χ1n) is 8.50. The Morgan fingerprint density at radius 3 is 2.54 bits per heavy atom. The van der Waals surface area contributed by atoms with E-state index in [2.05, 4.69) is 10.3 Å². The molecule has 1 aromatic heterocycles. The van der Waals surface area contributed by atoms with E-state index in [9.17, 15) is 9.59 Å². The van der Waals surface area contributed by atoms with E-state index < -0.39 is 0 Å². The molecule has 0 unspecified atom stereocenters. The van der Waals surface area contributed by atoms with Crippen LogP contribution in [-0.4, -0.2) is 35.3 Å². The molecule has 0 aliphatic heterocycles. The zero-order valence-corrected chi connectivity index (χ0v) is 15.6. The minimum absolute atomic E-state index is 0.0230. The van der Waals surface area contributed by atoms with Gasteiger partial charge in [-0.1, -0.05) is 30.3 Å². The number of rotatable bonds is 6. The van der Waals surface area contributed by atoms with Crippen LogP contribution in [0.2, 0.25) is 0 Å². The van der Waals surface area contributed by atoms with Crippen molar-refractivity contribution >= 4 is 33.4 Å². The fourth-order valence-electron chi connectivity index (χ4n) is 2.60. The molecule has 0 spiro atoms. The molecule has 3 aromatic rings. The smallest absolute Gasteiger partial charge is 0.251 e. The number of amides is 2. The van der Waals surface area contributed by atoms with Gasteiger partial charge in [0.2, 0.25) is 5.91 Å². The zero-order chi connectivity index (χ0) is 18.5. The largest absolute Gasteiger partial charge is 0.352 e. The van der Waals surface area contributed by atoms with Crippen LogP contribution in [-0.2, 0) is 4.79 Å². The first-order chi connectivity index (χ1) is 12.6. The zero-order valence-electron chi connectivity index (χ0n) is 14.8. The van der Waals surface area contributed by atoms with Crippen LogP contribution in [0.1, 0.15) is 34.8 Å². The summed E-state index contributed by atoms with van der Waals surface area (Å²) in [6.07, 6.45) is 0.254. The number of hydrogen-bond acceptors (Lipinski definition) is 4. The molecule has 1 heterocycles. The van der Waals surface area contributed by atoms with E-state index in [1.54, 1.807) is 35.4 Å². The highest BCUT2D eigenvalue weighted by molar-refractivity contribution is 7.18. The predicted octanol–water partition coefficient (Wildman–Crippen LogP) is 3.64. The van der Waals surface area contributed by atoms with E-state index >= 15 is 0 Å². The molecule has 6 heteroatoms. The molecule has 0 fully saturated rings. The summed E-state index contributed by atoms with van der Waals surface area (Å²) in [7, 11) is 1.78. The average molecular weight is 367 g/mol. The van der Waals surface area contributed by atoms with Gasteiger partial charge in [-0.25, -0.2) is 4.98 Å². The first kappa shape index (κ1) is 18.1. The van der Waals surface area contributed by atoms with E-state index in [-0.39, 0.29) is 24.3 Å². The number of carbonyl (C=O) groups is 2. The number of para-hydroxylation sites is 1. The molecular weight excluding hydrogens is 346 g/mol. The summed E-state index contributed by atoms with van der Waals surface area (Å²) in [6.45, 7) is 2.28. The summed E-state index contributed by atoms with van der Waals surface area (Å²) in [4.78, 5) is 30.8. The monoisotopic (exact) mass is 367 g/mol. The van der Waals surface area contributed by atoms with Crippen LogP contribution in [0.4, 0.5) is 0 Å². The Balaban J connectivity index is 1.54. The van der Waals surface area contributed by atoms with Crippen LogP contribution < -0.4 is 5.32 Å². The lowest BCUT2D eigenvalue weighted by Gasteiger charge is -2.23. The van der Waals surface area contributed by atoms with Gasteiger partial charge in [0.15, 0.2) is 0 Å². The molecule has 3 rings (SSSR count). The van der Waals surface area contributed by atoms with E-state index in [1.165, 1.54) is 0 Å². The Kier molecular flexibility index (Phi) is 5.63. The summed E-state index contributed by atoms with van der Waals surface area (Å²) in [5.41, 5.74) is 1.55. The maximum absolute atomic E-state index is 12.4. The standard InChI is InChI=1S/C20H21N3O2S/c1-14(20-22-16-10-6-7-11-17(16)26-20)23(2)18(24)12-13-21-19(25)15-8-4-3-5-9-15/h3-11,14H,12-13H2,1-2H3,(H,21,25)/t14-/m1/s1. The number of fused-ring (bicyclic) bond motifs is 1. The Morgan fingerprint density at radius 1 is 1.12 bits per heavy atom. The summed E-state index contributed by atoms with van der Waals surface area (Å²) in [5, 5.41) is 3.70. The van der Waals surface area contributed by atoms with Crippen LogP contribution >= 0.6 is 11.3 Å². The van der Waals surface area contributed by atoms with Crippen molar-refractivity contribution in [3.63, 3.8) is 0 Å². The minimum Gasteiger partial charge on any atom is -0.352 e. The number of aromatic nitrogens is 1. The lowest BCUT2D eigenvalue weighted by molar-refractivity contribution is -0.131. The van der Waals surface area contributed by atoms with Gasteiger partial charge in [0.25, 0.3) is 5.91 Å². The molecule has 26 heavy (non-hydrogen) atoms. The Morgan fingerprint density at radius 2 is 1.81 bits per heavy atom. The molecule has 134 valence electrons. The second-order valence-electron chi connectivity index (χ2n) is 6.07. The van der Waals surface area contributed by atoms with Crippen molar-refractivity contribution in [1.82, 2.24) is 15.2 Å². The van der Waals surface area contributed by atoms with Crippen LogP contribution in [0.5, 0.6) is 0 Å². The van der Waals surface area contributed by atoms with Gasteiger partial charge in [-0.2, -0.15) is 0 Å². The second kappa shape index (κ2) is 8.10. The topological polar surface area (TPSA) is 62.3 Å².